The first-order chi connectivity index (χ1) is 10.8. The van der Waals surface area contributed by atoms with Gasteiger partial charge in [0.15, 0.2) is 0 Å². The third-order valence-electron chi connectivity index (χ3n) is 4.55. The molecule has 0 saturated carbocycles. The molecule has 116 valence electrons. The molecule has 2 aliphatic carbocycles. The maximum atomic E-state index is 3.88. The normalized spacial score (nSPS) is 18.9. The van der Waals surface area contributed by atoms with Crippen molar-refractivity contribution in [3.63, 3.8) is 0 Å². The lowest BCUT2D eigenvalue weighted by atomic mass is 9.82. The predicted molar refractivity (Wildman–Crippen MR) is 98.8 cm³/mol. The van der Waals surface area contributed by atoms with Gasteiger partial charge in [-0.15, -0.1) is 0 Å². The van der Waals surface area contributed by atoms with Crippen LogP contribution in [0, 0.1) is 0 Å². The van der Waals surface area contributed by atoms with E-state index in [1.54, 1.807) is 11.1 Å². The summed E-state index contributed by atoms with van der Waals surface area (Å²) in [4.78, 5) is 0. The van der Waals surface area contributed by atoms with Crippen LogP contribution in [0.4, 0.5) is 0 Å². The highest BCUT2D eigenvalue weighted by Crippen LogP contribution is 2.35. The molecule has 0 heteroatoms. The van der Waals surface area contributed by atoms with Crippen molar-refractivity contribution in [3.05, 3.63) is 83.6 Å². The molecule has 0 amide bonds. The molecule has 0 heterocycles. The van der Waals surface area contributed by atoms with Crippen molar-refractivity contribution in [1.82, 2.24) is 0 Å². The molecule has 2 aliphatic rings. The Morgan fingerprint density at radius 3 is 2.68 bits per heavy atom. The molecule has 0 atom stereocenters. The summed E-state index contributed by atoms with van der Waals surface area (Å²) in [6.45, 7) is 9.81. The molecule has 0 aliphatic heterocycles. The van der Waals surface area contributed by atoms with E-state index < -0.39 is 0 Å². The van der Waals surface area contributed by atoms with Crippen LogP contribution in [0.15, 0.2) is 83.6 Å². The van der Waals surface area contributed by atoms with E-state index in [2.05, 4.69) is 50.5 Å². The van der Waals surface area contributed by atoms with E-state index in [1.165, 1.54) is 48.8 Å². The minimum Gasteiger partial charge on any atom is -0.0991 e. The number of hydrogen-bond donors (Lipinski definition) is 0. The van der Waals surface area contributed by atoms with E-state index in [0.29, 0.717) is 0 Å². The van der Waals surface area contributed by atoms with Crippen molar-refractivity contribution in [2.75, 3.05) is 0 Å². The maximum absolute atomic E-state index is 3.88. The van der Waals surface area contributed by atoms with Crippen molar-refractivity contribution in [2.45, 2.75) is 51.9 Å². The van der Waals surface area contributed by atoms with E-state index in [4.69, 9.17) is 0 Å². The molecule has 0 N–H and O–H groups in total. The van der Waals surface area contributed by atoms with Gasteiger partial charge in [0.2, 0.25) is 0 Å². The molecule has 0 unspecified atom stereocenters. The summed E-state index contributed by atoms with van der Waals surface area (Å²) in [7, 11) is 0. The molecule has 0 nitrogen and oxygen atoms in total. The molecule has 0 radical (unpaired) electrons. The van der Waals surface area contributed by atoms with Gasteiger partial charge in [0.1, 0.15) is 0 Å². The van der Waals surface area contributed by atoms with Gasteiger partial charge in [-0.25, -0.2) is 0 Å². The van der Waals surface area contributed by atoms with Crippen molar-refractivity contribution >= 4 is 0 Å². The van der Waals surface area contributed by atoms with E-state index in [1.807, 2.05) is 12.2 Å². The van der Waals surface area contributed by atoms with Gasteiger partial charge in [0, 0.05) is 0 Å². The summed E-state index contributed by atoms with van der Waals surface area (Å²) in [5.41, 5.74) is 7.38. The second-order valence-corrected chi connectivity index (χ2v) is 5.98. The lowest BCUT2D eigenvalue weighted by Crippen LogP contribution is -2.04. The molecular weight excluding hydrogens is 264 g/mol. The summed E-state index contributed by atoms with van der Waals surface area (Å²) < 4.78 is 0. The van der Waals surface area contributed by atoms with E-state index >= 15 is 0 Å². The largest absolute Gasteiger partial charge is 0.0991 e. The SMILES string of the molecule is C=C/C=C(\C=C)CCC/C(=C/C)C1=CC2=CCCC=C2CC1. The molecule has 0 aromatic carbocycles. The van der Waals surface area contributed by atoms with Gasteiger partial charge in [-0.05, 0) is 79.7 Å². The predicted octanol–water partition coefficient (Wildman–Crippen LogP) is 6.77. The smallest absolute Gasteiger partial charge is 0.0235 e. The Balaban J connectivity index is 1.98. The zero-order valence-corrected chi connectivity index (χ0v) is 13.9. The minimum atomic E-state index is 1.08. The van der Waals surface area contributed by atoms with Gasteiger partial charge in [0.05, 0.1) is 0 Å². The fourth-order valence-corrected chi connectivity index (χ4v) is 3.30. The summed E-state index contributed by atoms with van der Waals surface area (Å²) in [6.07, 6.45) is 23.6. The van der Waals surface area contributed by atoms with Crippen molar-refractivity contribution in [2.24, 2.45) is 0 Å². The third-order valence-corrected chi connectivity index (χ3v) is 4.55. The molecule has 0 saturated heterocycles. The lowest BCUT2D eigenvalue weighted by Gasteiger charge is -2.23. The summed E-state index contributed by atoms with van der Waals surface area (Å²) in [5.74, 6) is 0. The van der Waals surface area contributed by atoms with E-state index in [0.717, 1.165) is 12.8 Å². The van der Waals surface area contributed by atoms with Crippen LogP contribution in [-0.4, -0.2) is 0 Å². The average Bonchev–Trinajstić information content (AvgIpc) is 2.57. The summed E-state index contributed by atoms with van der Waals surface area (Å²) in [6, 6.07) is 0. The lowest BCUT2D eigenvalue weighted by molar-refractivity contribution is 0.791. The van der Waals surface area contributed by atoms with Crippen LogP contribution in [0.25, 0.3) is 0 Å². The molecule has 22 heavy (non-hydrogen) atoms. The second kappa shape index (κ2) is 8.58. The molecule has 2 rings (SSSR count). The van der Waals surface area contributed by atoms with Crippen molar-refractivity contribution in [3.8, 4) is 0 Å². The van der Waals surface area contributed by atoms with Gasteiger partial charge in [-0.2, -0.15) is 0 Å². The zero-order chi connectivity index (χ0) is 15.8. The highest BCUT2D eigenvalue weighted by Gasteiger charge is 2.16. The Kier molecular flexibility index (Phi) is 6.45. The van der Waals surface area contributed by atoms with Gasteiger partial charge in [-0.1, -0.05) is 55.7 Å². The molecule has 0 aromatic rings. The topological polar surface area (TPSA) is 0 Å². The monoisotopic (exact) mass is 292 g/mol. The fraction of sp³-hybridized carbons (Fsp3) is 0.364. The first-order valence-corrected chi connectivity index (χ1v) is 8.48. The average molecular weight is 292 g/mol. The molecule has 0 aromatic heterocycles. The third kappa shape index (κ3) is 4.34. The number of allylic oxidation sites excluding steroid dienone is 12. The summed E-state index contributed by atoms with van der Waals surface area (Å²) in [5, 5.41) is 0. The Morgan fingerprint density at radius 1 is 1.14 bits per heavy atom. The Labute approximate surface area is 136 Å². The zero-order valence-electron chi connectivity index (χ0n) is 13.9. The Bertz CT molecular complexity index is 573. The number of rotatable bonds is 7. The van der Waals surface area contributed by atoms with Crippen LogP contribution < -0.4 is 0 Å². The van der Waals surface area contributed by atoms with Crippen LogP contribution in [0.3, 0.4) is 0 Å². The standard InChI is InChI=1S/C22H28/c1-4-10-18(5-2)11-9-14-19(6-3)22-16-15-20-12-7-8-13-21(20)17-22/h4-6,10,12-13,17H,1-2,7-9,11,14-16H2,3H3/b18-10+,19-6-. The Morgan fingerprint density at radius 2 is 1.95 bits per heavy atom. The van der Waals surface area contributed by atoms with Crippen LogP contribution in [0.1, 0.15) is 51.9 Å². The highest BCUT2D eigenvalue weighted by atomic mass is 14.2. The highest BCUT2D eigenvalue weighted by molar-refractivity contribution is 5.51. The minimum absolute atomic E-state index is 1.08. The Hall–Kier alpha value is -1.82. The van der Waals surface area contributed by atoms with Crippen LogP contribution in [0.2, 0.25) is 0 Å². The molecule has 0 fully saturated rings. The number of hydrogen-bond acceptors (Lipinski definition) is 0. The number of fused-ring (bicyclic) bond motifs is 1. The van der Waals surface area contributed by atoms with Gasteiger partial charge in [-0.3, -0.25) is 0 Å². The molecule has 0 spiro atoms. The van der Waals surface area contributed by atoms with Crippen molar-refractivity contribution in [1.29, 1.82) is 0 Å². The molecular formula is C22H28. The second-order valence-electron chi connectivity index (χ2n) is 5.98. The fourth-order valence-electron chi connectivity index (χ4n) is 3.30. The van der Waals surface area contributed by atoms with Crippen LogP contribution >= 0.6 is 0 Å². The van der Waals surface area contributed by atoms with E-state index in [9.17, 15) is 0 Å². The van der Waals surface area contributed by atoms with Gasteiger partial charge >= 0.3 is 0 Å². The first-order valence-electron chi connectivity index (χ1n) is 8.48. The van der Waals surface area contributed by atoms with Crippen molar-refractivity contribution < 1.29 is 0 Å². The summed E-state index contributed by atoms with van der Waals surface area (Å²) >= 11 is 0. The first kappa shape index (κ1) is 16.5. The van der Waals surface area contributed by atoms with Crippen LogP contribution in [0.5, 0.6) is 0 Å². The molecule has 0 bridgehead atoms. The van der Waals surface area contributed by atoms with Crippen LogP contribution in [-0.2, 0) is 0 Å². The van der Waals surface area contributed by atoms with Gasteiger partial charge in [0.25, 0.3) is 0 Å². The van der Waals surface area contributed by atoms with E-state index in [-0.39, 0.29) is 0 Å². The maximum Gasteiger partial charge on any atom is -0.0235 e. The van der Waals surface area contributed by atoms with Gasteiger partial charge < -0.3 is 0 Å². The quantitative estimate of drug-likeness (QED) is 0.454.